The van der Waals surface area contributed by atoms with Crippen molar-refractivity contribution in [2.45, 2.75) is 58.8 Å². The lowest BCUT2D eigenvalue weighted by molar-refractivity contribution is -0.148. The number of esters is 1. The Hall–Kier alpha value is -1.51. The van der Waals surface area contributed by atoms with Gasteiger partial charge in [-0.15, -0.1) is 0 Å². The lowest BCUT2D eigenvalue weighted by atomic mass is 9.75. The molecule has 0 aliphatic heterocycles. The highest BCUT2D eigenvalue weighted by Gasteiger charge is 2.38. The number of rotatable bonds is 8. The average Bonchev–Trinajstić information content (AvgIpc) is 2.51. The molecule has 118 valence electrons. The van der Waals surface area contributed by atoms with Gasteiger partial charge in [-0.3, -0.25) is 4.79 Å². The maximum atomic E-state index is 12.3. The Kier molecular flexibility index (Phi) is 6.73. The van der Waals surface area contributed by atoms with Crippen LogP contribution in [0.1, 0.15) is 57.6 Å². The number of hydrogen-bond donors (Lipinski definition) is 0. The van der Waals surface area contributed by atoms with Gasteiger partial charge >= 0.3 is 5.97 Å². The molecule has 3 heteroatoms. The van der Waals surface area contributed by atoms with Gasteiger partial charge in [0.05, 0.1) is 19.1 Å². The van der Waals surface area contributed by atoms with E-state index in [1.54, 1.807) is 0 Å². The van der Waals surface area contributed by atoms with Crippen LogP contribution in [0.5, 0.6) is 5.75 Å². The van der Waals surface area contributed by atoms with Crippen LogP contribution in [-0.2, 0) is 14.9 Å². The zero-order valence-electron chi connectivity index (χ0n) is 14.0. The van der Waals surface area contributed by atoms with E-state index in [9.17, 15) is 4.79 Å². The second kappa shape index (κ2) is 8.06. The summed E-state index contributed by atoms with van der Waals surface area (Å²) in [5, 5.41) is 0. The molecule has 1 aromatic carbocycles. The van der Waals surface area contributed by atoms with Gasteiger partial charge in [-0.25, -0.2) is 0 Å². The van der Waals surface area contributed by atoms with Gasteiger partial charge in [0, 0.05) is 0 Å². The summed E-state index contributed by atoms with van der Waals surface area (Å²) in [4.78, 5) is 12.3. The second-order valence-electron chi connectivity index (χ2n) is 5.46. The highest BCUT2D eigenvalue weighted by Crippen LogP contribution is 2.35. The normalized spacial score (nSPS) is 11.3. The third kappa shape index (κ3) is 3.78. The summed E-state index contributed by atoms with van der Waals surface area (Å²) in [6, 6.07) is 6.03. The first-order chi connectivity index (χ1) is 10.1. The topological polar surface area (TPSA) is 35.5 Å². The van der Waals surface area contributed by atoms with Crippen molar-refractivity contribution in [3.8, 4) is 5.75 Å². The number of methoxy groups -OCH3 is 1. The molecule has 0 unspecified atom stereocenters. The summed E-state index contributed by atoms with van der Waals surface area (Å²) >= 11 is 0. The number of ether oxygens (including phenoxy) is 2. The maximum Gasteiger partial charge on any atom is 0.316 e. The molecule has 0 saturated carbocycles. The van der Waals surface area contributed by atoms with Gasteiger partial charge in [-0.2, -0.15) is 0 Å². The summed E-state index contributed by atoms with van der Waals surface area (Å²) in [7, 11) is 1.46. The van der Waals surface area contributed by atoms with E-state index in [1.807, 2.05) is 32.9 Å². The van der Waals surface area contributed by atoms with E-state index in [0.717, 1.165) is 49.2 Å². The maximum absolute atomic E-state index is 12.3. The fourth-order valence-corrected chi connectivity index (χ4v) is 2.70. The third-order valence-corrected chi connectivity index (χ3v) is 4.27. The van der Waals surface area contributed by atoms with Gasteiger partial charge in [0.25, 0.3) is 0 Å². The molecule has 0 aliphatic carbocycles. The lowest BCUT2D eigenvalue weighted by Gasteiger charge is -2.29. The van der Waals surface area contributed by atoms with E-state index in [1.165, 1.54) is 7.11 Å². The molecule has 3 nitrogen and oxygen atoms in total. The van der Waals surface area contributed by atoms with Crippen LogP contribution in [-0.4, -0.2) is 19.7 Å². The zero-order valence-corrected chi connectivity index (χ0v) is 14.0. The predicted octanol–water partition coefficient (Wildman–Crippen LogP) is 4.40. The van der Waals surface area contributed by atoms with Gasteiger partial charge < -0.3 is 9.47 Å². The number of aryl methyl sites for hydroxylation is 1. The number of benzene rings is 1. The molecule has 0 amide bonds. The second-order valence-corrected chi connectivity index (χ2v) is 5.46. The van der Waals surface area contributed by atoms with Crippen molar-refractivity contribution >= 4 is 5.97 Å². The van der Waals surface area contributed by atoms with Crippen LogP contribution in [0, 0.1) is 6.92 Å². The number of unbranched alkanes of at least 4 members (excludes halogenated alkanes) is 1. The Morgan fingerprint density at radius 2 is 1.86 bits per heavy atom. The quantitative estimate of drug-likeness (QED) is 0.526. The summed E-state index contributed by atoms with van der Waals surface area (Å²) < 4.78 is 10.8. The molecular formula is C18H28O3. The van der Waals surface area contributed by atoms with Gasteiger partial charge in [0.1, 0.15) is 5.75 Å². The smallest absolute Gasteiger partial charge is 0.316 e. The fraction of sp³-hybridized carbons (Fsp3) is 0.611. The summed E-state index contributed by atoms with van der Waals surface area (Å²) in [6.45, 7) is 8.97. The number of carbonyl (C=O) groups excluding carboxylic acids is 1. The molecule has 0 radical (unpaired) electrons. The largest absolute Gasteiger partial charge is 0.493 e. The minimum atomic E-state index is -0.554. The van der Waals surface area contributed by atoms with E-state index in [4.69, 9.17) is 9.47 Å². The first-order valence-corrected chi connectivity index (χ1v) is 7.88. The molecular weight excluding hydrogens is 264 g/mol. The van der Waals surface area contributed by atoms with Crippen LogP contribution in [0.3, 0.4) is 0 Å². The van der Waals surface area contributed by atoms with Crippen molar-refractivity contribution in [1.29, 1.82) is 0 Å². The molecule has 21 heavy (non-hydrogen) atoms. The van der Waals surface area contributed by atoms with Crippen LogP contribution < -0.4 is 4.74 Å². The van der Waals surface area contributed by atoms with Crippen molar-refractivity contribution in [2.24, 2.45) is 0 Å². The molecule has 0 heterocycles. The van der Waals surface area contributed by atoms with E-state index in [2.05, 4.69) is 13.0 Å². The molecule has 0 spiro atoms. The van der Waals surface area contributed by atoms with Crippen LogP contribution in [0.2, 0.25) is 0 Å². The highest BCUT2D eigenvalue weighted by atomic mass is 16.5. The molecule has 0 saturated heterocycles. The van der Waals surface area contributed by atoms with Crippen molar-refractivity contribution < 1.29 is 14.3 Å². The molecule has 0 aromatic heterocycles. The van der Waals surface area contributed by atoms with Crippen LogP contribution in [0.15, 0.2) is 18.2 Å². The van der Waals surface area contributed by atoms with Crippen LogP contribution in [0.4, 0.5) is 0 Å². The average molecular weight is 292 g/mol. The minimum absolute atomic E-state index is 0.161. The van der Waals surface area contributed by atoms with E-state index < -0.39 is 5.41 Å². The van der Waals surface area contributed by atoms with E-state index in [0.29, 0.717) is 0 Å². The number of hydrogen-bond acceptors (Lipinski definition) is 3. The first kappa shape index (κ1) is 17.5. The Bertz CT molecular complexity index is 462. The molecule has 0 atom stereocenters. The lowest BCUT2D eigenvalue weighted by Crippen LogP contribution is -2.35. The molecule has 0 fully saturated rings. The molecule has 0 bridgehead atoms. The van der Waals surface area contributed by atoms with Gasteiger partial charge in [0.2, 0.25) is 0 Å². The van der Waals surface area contributed by atoms with Crippen molar-refractivity contribution in [1.82, 2.24) is 0 Å². The third-order valence-electron chi connectivity index (χ3n) is 4.27. The Morgan fingerprint density at radius 1 is 1.19 bits per heavy atom. The summed E-state index contributed by atoms with van der Waals surface area (Å²) in [5.41, 5.74) is 1.53. The zero-order chi connectivity index (χ0) is 15.9. The Balaban J connectivity index is 3.07. The minimum Gasteiger partial charge on any atom is -0.493 e. The highest BCUT2D eigenvalue weighted by molar-refractivity contribution is 5.83. The van der Waals surface area contributed by atoms with Gasteiger partial charge in [0.15, 0.2) is 0 Å². The summed E-state index contributed by atoms with van der Waals surface area (Å²) in [6.07, 6.45) is 3.63. The van der Waals surface area contributed by atoms with Gasteiger partial charge in [-0.05, 0) is 43.4 Å². The Morgan fingerprint density at radius 3 is 2.33 bits per heavy atom. The fourth-order valence-electron chi connectivity index (χ4n) is 2.70. The van der Waals surface area contributed by atoms with Crippen molar-refractivity contribution in [3.05, 3.63) is 29.3 Å². The number of carbonyl (C=O) groups is 1. The standard InChI is InChI=1S/C18H28O3/c1-6-9-12-21-16-11-10-15(13-14(16)4)18(7-2,8-3)17(19)20-5/h10-11,13H,6-9,12H2,1-5H3. The monoisotopic (exact) mass is 292 g/mol. The van der Waals surface area contributed by atoms with Gasteiger partial charge in [-0.1, -0.05) is 39.3 Å². The van der Waals surface area contributed by atoms with Crippen molar-refractivity contribution in [3.63, 3.8) is 0 Å². The van der Waals surface area contributed by atoms with Crippen LogP contribution >= 0.6 is 0 Å². The Labute approximate surface area is 128 Å². The SMILES string of the molecule is CCCCOc1ccc(C(CC)(CC)C(=O)OC)cc1C. The molecule has 1 rings (SSSR count). The van der Waals surface area contributed by atoms with Crippen LogP contribution in [0.25, 0.3) is 0 Å². The first-order valence-electron chi connectivity index (χ1n) is 7.88. The van der Waals surface area contributed by atoms with Crippen molar-refractivity contribution in [2.75, 3.05) is 13.7 Å². The van der Waals surface area contributed by atoms with E-state index in [-0.39, 0.29) is 5.97 Å². The summed E-state index contributed by atoms with van der Waals surface area (Å²) in [5.74, 6) is 0.740. The predicted molar refractivity (Wildman–Crippen MR) is 85.9 cm³/mol. The molecule has 0 N–H and O–H groups in total. The molecule has 0 aliphatic rings. The van der Waals surface area contributed by atoms with E-state index >= 15 is 0 Å². The molecule has 1 aromatic rings.